The molecule has 0 atom stereocenters. The lowest BCUT2D eigenvalue weighted by molar-refractivity contribution is 0.0653. The fourth-order valence-corrected chi connectivity index (χ4v) is 2.85. The standard InChI is InChI=1S/C18H15NO8/c1-3-4-8-15-9(11(19-25-2)6-13(26-15)17(21)22)5-10-12(20)7-14(18(23)24)27-16(8)10/h5-7H,3-4H2,1-2H3,(H,21,22)(H,23,24)/b19-11-. The van der Waals surface area contributed by atoms with Crippen LogP contribution in [0.2, 0.25) is 0 Å². The highest BCUT2D eigenvalue weighted by atomic mass is 16.6. The molecule has 140 valence electrons. The molecule has 1 aromatic carbocycles. The van der Waals surface area contributed by atoms with Gasteiger partial charge in [0, 0.05) is 23.1 Å². The van der Waals surface area contributed by atoms with Crippen LogP contribution in [0.25, 0.3) is 21.9 Å². The number of aromatic carboxylic acids is 2. The van der Waals surface area contributed by atoms with Crippen molar-refractivity contribution in [2.24, 2.45) is 5.16 Å². The molecule has 9 nitrogen and oxygen atoms in total. The lowest BCUT2D eigenvalue weighted by Gasteiger charge is -2.10. The molecule has 0 radical (unpaired) electrons. The van der Waals surface area contributed by atoms with Gasteiger partial charge in [-0.1, -0.05) is 18.5 Å². The SMILES string of the molecule is CCCc1c2oc(C(=O)O)cc(=O)c2cc2/c(=N\OC)cc(C(=O)O)oc12. The molecule has 0 saturated carbocycles. The third-order valence-corrected chi connectivity index (χ3v) is 3.93. The van der Waals surface area contributed by atoms with Gasteiger partial charge in [0.15, 0.2) is 5.43 Å². The molecule has 0 bridgehead atoms. The molecule has 0 saturated heterocycles. The topological polar surface area (TPSA) is 140 Å². The molecule has 0 amide bonds. The van der Waals surface area contributed by atoms with Crippen LogP contribution in [-0.4, -0.2) is 29.3 Å². The van der Waals surface area contributed by atoms with Gasteiger partial charge in [0.05, 0.1) is 5.39 Å². The Morgan fingerprint density at radius 3 is 2.19 bits per heavy atom. The average Bonchev–Trinajstić information content (AvgIpc) is 2.62. The molecule has 0 spiro atoms. The quantitative estimate of drug-likeness (QED) is 0.513. The van der Waals surface area contributed by atoms with Gasteiger partial charge in [-0.15, -0.1) is 0 Å². The van der Waals surface area contributed by atoms with Crippen molar-refractivity contribution in [1.82, 2.24) is 0 Å². The Kier molecular flexibility index (Phi) is 4.68. The minimum atomic E-state index is -1.39. The van der Waals surface area contributed by atoms with Crippen molar-refractivity contribution in [2.75, 3.05) is 7.11 Å². The van der Waals surface area contributed by atoms with Gasteiger partial charge in [-0.2, -0.15) is 0 Å². The smallest absolute Gasteiger partial charge is 0.371 e. The van der Waals surface area contributed by atoms with E-state index in [-0.39, 0.29) is 27.7 Å². The fourth-order valence-electron chi connectivity index (χ4n) is 2.85. The number of carbonyl (C=O) groups is 2. The highest BCUT2D eigenvalue weighted by molar-refractivity contribution is 5.99. The highest BCUT2D eigenvalue weighted by Gasteiger charge is 2.20. The third-order valence-electron chi connectivity index (χ3n) is 3.93. The normalized spacial score (nSPS) is 11.9. The second-order valence-electron chi connectivity index (χ2n) is 5.71. The molecule has 0 aliphatic heterocycles. The van der Waals surface area contributed by atoms with E-state index in [4.69, 9.17) is 18.8 Å². The maximum absolute atomic E-state index is 12.4. The monoisotopic (exact) mass is 373 g/mol. The molecule has 27 heavy (non-hydrogen) atoms. The summed E-state index contributed by atoms with van der Waals surface area (Å²) in [7, 11) is 1.30. The van der Waals surface area contributed by atoms with Crippen molar-refractivity contribution in [3.63, 3.8) is 0 Å². The number of nitrogens with zero attached hydrogens (tertiary/aromatic N) is 1. The second kappa shape index (κ2) is 6.94. The summed E-state index contributed by atoms with van der Waals surface area (Å²) in [4.78, 5) is 39.9. The lowest BCUT2D eigenvalue weighted by atomic mass is 10.0. The summed E-state index contributed by atoms with van der Waals surface area (Å²) in [6, 6.07) is 3.50. The van der Waals surface area contributed by atoms with Gasteiger partial charge < -0.3 is 23.9 Å². The van der Waals surface area contributed by atoms with E-state index in [1.54, 1.807) is 0 Å². The van der Waals surface area contributed by atoms with Crippen molar-refractivity contribution in [2.45, 2.75) is 19.8 Å². The van der Waals surface area contributed by atoms with Crippen LogP contribution >= 0.6 is 0 Å². The molecule has 2 N–H and O–H groups in total. The second-order valence-corrected chi connectivity index (χ2v) is 5.71. The Labute approximate surface area is 151 Å². The number of aryl methyl sites for hydroxylation is 1. The molecule has 3 rings (SSSR count). The number of carboxylic acids is 2. The van der Waals surface area contributed by atoms with Gasteiger partial charge in [0.1, 0.15) is 23.6 Å². The molecule has 3 aromatic rings. The Morgan fingerprint density at radius 1 is 1.04 bits per heavy atom. The Balaban J connectivity index is 2.60. The van der Waals surface area contributed by atoms with E-state index in [9.17, 15) is 19.5 Å². The van der Waals surface area contributed by atoms with Crippen molar-refractivity contribution in [3.05, 3.63) is 50.9 Å². The predicted molar refractivity (Wildman–Crippen MR) is 92.7 cm³/mol. The van der Waals surface area contributed by atoms with Gasteiger partial charge in [-0.05, 0) is 12.5 Å². The predicted octanol–water partition coefficient (Wildman–Crippen LogP) is 2.35. The molecular formula is C18H15NO8. The van der Waals surface area contributed by atoms with Crippen LogP contribution in [-0.2, 0) is 11.3 Å². The molecular weight excluding hydrogens is 358 g/mol. The van der Waals surface area contributed by atoms with E-state index in [0.29, 0.717) is 23.8 Å². The van der Waals surface area contributed by atoms with Gasteiger partial charge in [0.25, 0.3) is 0 Å². The van der Waals surface area contributed by atoms with Crippen LogP contribution in [0, 0.1) is 0 Å². The van der Waals surface area contributed by atoms with Crippen LogP contribution in [0.4, 0.5) is 0 Å². The first-order valence-corrected chi connectivity index (χ1v) is 7.98. The summed E-state index contributed by atoms with van der Waals surface area (Å²) >= 11 is 0. The number of hydrogen-bond donors (Lipinski definition) is 2. The zero-order valence-electron chi connectivity index (χ0n) is 14.4. The fraction of sp³-hybridized carbons (Fsp3) is 0.222. The summed E-state index contributed by atoms with van der Waals surface area (Å²) < 4.78 is 10.9. The third kappa shape index (κ3) is 3.14. The van der Waals surface area contributed by atoms with E-state index in [1.165, 1.54) is 19.2 Å². The van der Waals surface area contributed by atoms with E-state index in [0.717, 1.165) is 6.07 Å². The van der Waals surface area contributed by atoms with Crippen molar-refractivity contribution in [1.29, 1.82) is 0 Å². The molecule has 2 aromatic heterocycles. The number of hydrogen-bond acceptors (Lipinski definition) is 7. The summed E-state index contributed by atoms with van der Waals surface area (Å²) in [5.41, 5.74) is 0.0362. The van der Waals surface area contributed by atoms with E-state index in [2.05, 4.69) is 5.16 Å². The van der Waals surface area contributed by atoms with Crippen LogP contribution in [0.5, 0.6) is 0 Å². The molecule has 2 heterocycles. The Bertz CT molecular complexity index is 1200. The van der Waals surface area contributed by atoms with Crippen LogP contribution in [0.15, 0.2) is 37.0 Å². The maximum Gasteiger partial charge on any atom is 0.371 e. The zero-order chi connectivity index (χ0) is 19.7. The van der Waals surface area contributed by atoms with Gasteiger partial charge in [-0.3, -0.25) is 4.79 Å². The average molecular weight is 373 g/mol. The van der Waals surface area contributed by atoms with E-state index < -0.39 is 23.1 Å². The Hall–Kier alpha value is -3.62. The minimum Gasteiger partial charge on any atom is -0.475 e. The van der Waals surface area contributed by atoms with Crippen molar-refractivity contribution < 1.29 is 33.5 Å². The highest BCUT2D eigenvalue weighted by Crippen LogP contribution is 2.28. The zero-order valence-corrected chi connectivity index (χ0v) is 14.4. The van der Waals surface area contributed by atoms with Crippen molar-refractivity contribution >= 4 is 33.9 Å². The number of fused-ring (bicyclic) bond motifs is 2. The molecule has 0 fully saturated rings. The number of rotatable bonds is 5. The van der Waals surface area contributed by atoms with Crippen LogP contribution in [0.1, 0.15) is 40.0 Å². The number of carboxylic acid groups (broad SMARTS) is 2. The molecule has 9 heteroatoms. The van der Waals surface area contributed by atoms with Crippen LogP contribution in [0.3, 0.4) is 0 Å². The lowest BCUT2D eigenvalue weighted by Crippen LogP contribution is -2.12. The summed E-state index contributed by atoms with van der Waals surface area (Å²) in [5.74, 6) is -3.59. The summed E-state index contributed by atoms with van der Waals surface area (Å²) in [5, 5.41) is 22.9. The minimum absolute atomic E-state index is 0.0453. The first kappa shape index (κ1) is 18.2. The molecule has 0 aliphatic carbocycles. The van der Waals surface area contributed by atoms with Gasteiger partial charge >= 0.3 is 11.9 Å². The van der Waals surface area contributed by atoms with Gasteiger partial charge in [-0.25, -0.2) is 9.59 Å². The summed E-state index contributed by atoms with van der Waals surface area (Å²) in [6.07, 6.45) is 0.970. The first-order valence-electron chi connectivity index (χ1n) is 7.98. The van der Waals surface area contributed by atoms with Crippen LogP contribution < -0.4 is 10.8 Å². The van der Waals surface area contributed by atoms with E-state index in [1.807, 2.05) is 6.92 Å². The van der Waals surface area contributed by atoms with E-state index >= 15 is 0 Å². The van der Waals surface area contributed by atoms with Crippen molar-refractivity contribution in [3.8, 4) is 0 Å². The largest absolute Gasteiger partial charge is 0.475 e. The van der Waals surface area contributed by atoms with Gasteiger partial charge in [0.2, 0.25) is 11.5 Å². The maximum atomic E-state index is 12.4. The molecule has 0 unspecified atom stereocenters. The molecule has 0 aliphatic rings. The Morgan fingerprint density at radius 2 is 1.63 bits per heavy atom. The summed E-state index contributed by atoms with van der Waals surface area (Å²) in [6.45, 7) is 1.87. The first-order chi connectivity index (χ1) is 12.9. The number of benzene rings is 1.